The van der Waals surface area contributed by atoms with Gasteiger partial charge >= 0.3 is 0 Å². The first-order chi connectivity index (χ1) is 14.4. The van der Waals surface area contributed by atoms with Crippen molar-refractivity contribution in [2.45, 2.75) is 17.9 Å². The topological polar surface area (TPSA) is 90.4 Å². The second kappa shape index (κ2) is 9.58. The largest absolute Gasteiger partial charge is 0.356 e. The zero-order chi connectivity index (χ0) is 21.6. The van der Waals surface area contributed by atoms with Crippen LogP contribution >= 0.6 is 0 Å². The van der Waals surface area contributed by atoms with Crippen LogP contribution in [0.5, 0.6) is 0 Å². The van der Waals surface area contributed by atoms with Gasteiger partial charge in [-0.25, -0.2) is 13.4 Å². The third-order valence-corrected chi connectivity index (χ3v) is 5.85. The van der Waals surface area contributed by atoms with Gasteiger partial charge in [-0.1, -0.05) is 42.5 Å². The number of sulfone groups is 1. The van der Waals surface area contributed by atoms with Gasteiger partial charge in [0.2, 0.25) is 0 Å². The maximum atomic E-state index is 11.6. The Morgan fingerprint density at radius 2 is 1.83 bits per heavy atom. The fourth-order valence-electron chi connectivity index (χ4n) is 3.11. The van der Waals surface area contributed by atoms with Crippen molar-refractivity contribution >= 4 is 15.8 Å². The molecule has 0 bridgehead atoms. The van der Waals surface area contributed by atoms with Crippen LogP contribution in [0.3, 0.4) is 0 Å². The van der Waals surface area contributed by atoms with Crippen LogP contribution in [-0.2, 0) is 22.8 Å². The summed E-state index contributed by atoms with van der Waals surface area (Å²) in [6, 6.07) is 17.1. The summed E-state index contributed by atoms with van der Waals surface area (Å²) in [6.45, 7) is 1.28. The number of aromatic amines is 1. The highest BCUT2D eigenvalue weighted by molar-refractivity contribution is 7.90. The zero-order valence-corrected chi connectivity index (χ0v) is 18.3. The van der Waals surface area contributed by atoms with Crippen LogP contribution in [0, 0.1) is 0 Å². The number of benzene rings is 2. The maximum Gasteiger partial charge on any atom is 0.193 e. The number of hydrogen-bond acceptors (Lipinski definition) is 4. The van der Waals surface area contributed by atoms with Gasteiger partial charge in [-0.05, 0) is 29.7 Å². The lowest BCUT2D eigenvalue weighted by molar-refractivity contribution is 0.464. The van der Waals surface area contributed by atoms with Gasteiger partial charge in [0.15, 0.2) is 15.8 Å². The molecule has 3 rings (SSSR count). The first-order valence-electron chi connectivity index (χ1n) is 9.67. The van der Waals surface area contributed by atoms with E-state index >= 15 is 0 Å². The number of hydrogen-bond donors (Lipinski definition) is 2. The van der Waals surface area contributed by atoms with Crippen LogP contribution < -0.4 is 5.32 Å². The first kappa shape index (κ1) is 21.6. The molecule has 0 aliphatic carbocycles. The summed E-state index contributed by atoms with van der Waals surface area (Å²) in [5, 5.41) is 3.34. The van der Waals surface area contributed by atoms with E-state index in [0.717, 1.165) is 35.0 Å². The molecule has 0 saturated heterocycles. The summed E-state index contributed by atoms with van der Waals surface area (Å²) < 4.78 is 23.1. The van der Waals surface area contributed by atoms with Crippen molar-refractivity contribution in [2.75, 3.05) is 26.9 Å². The average molecular weight is 426 g/mol. The Morgan fingerprint density at radius 1 is 1.13 bits per heavy atom. The summed E-state index contributed by atoms with van der Waals surface area (Å²) in [5.74, 6) is 1.62. The number of aromatic nitrogens is 2. The smallest absolute Gasteiger partial charge is 0.193 e. The molecule has 1 heterocycles. The molecule has 2 aromatic carbocycles. The predicted octanol–water partition coefficient (Wildman–Crippen LogP) is 2.73. The highest BCUT2D eigenvalue weighted by Crippen LogP contribution is 2.16. The van der Waals surface area contributed by atoms with E-state index in [-0.39, 0.29) is 0 Å². The minimum atomic E-state index is -3.16. The molecule has 1 aromatic heterocycles. The van der Waals surface area contributed by atoms with Gasteiger partial charge in [0.1, 0.15) is 5.82 Å². The molecule has 30 heavy (non-hydrogen) atoms. The van der Waals surface area contributed by atoms with Crippen molar-refractivity contribution in [3.8, 4) is 11.3 Å². The van der Waals surface area contributed by atoms with E-state index in [1.165, 1.54) is 6.26 Å². The fourth-order valence-corrected chi connectivity index (χ4v) is 3.74. The van der Waals surface area contributed by atoms with Crippen molar-refractivity contribution in [3.05, 3.63) is 72.2 Å². The molecule has 0 radical (unpaired) electrons. The number of nitrogens with zero attached hydrogens (tertiary/aromatic N) is 3. The summed E-state index contributed by atoms with van der Waals surface area (Å²) in [5.41, 5.74) is 3.15. The third kappa shape index (κ3) is 5.70. The number of rotatable bonds is 7. The van der Waals surface area contributed by atoms with Crippen LogP contribution in [-0.4, -0.2) is 56.1 Å². The lowest BCUT2D eigenvalue weighted by atomic mass is 10.1. The van der Waals surface area contributed by atoms with E-state index in [4.69, 9.17) is 0 Å². The number of H-pyrrole nitrogens is 1. The van der Waals surface area contributed by atoms with Crippen molar-refractivity contribution in [3.63, 3.8) is 0 Å². The quantitative estimate of drug-likeness (QED) is 0.449. The molecule has 158 valence electrons. The molecule has 0 fully saturated rings. The van der Waals surface area contributed by atoms with E-state index in [9.17, 15) is 8.42 Å². The van der Waals surface area contributed by atoms with Gasteiger partial charge in [-0.2, -0.15) is 0 Å². The molecule has 3 aromatic rings. The molecule has 8 heteroatoms. The first-order valence-corrected chi connectivity index (χ1v) is 11.6. The van der Waals surface area contributed by atoms with Gasteiger partial charge in [0.25, 0.3) is 0 Å². The fraction of sp³-hybridized carbons (Fsp3) is 0.273. The SMILES string of the molecule is CN=C(NCCc1ccc(S(C)(=O)=O)cc1)N(C)Cc1ncc(-c2ccccc2)[nH]1. The molecule has 0 spiro atoms. The van der Waals surface area contributed by atoms with E-state index in [0.29, 0.717) is 18.0 Å². The molecule has 0 atom stereocenters. The minimum absolute atomic E-state index is 0.336. The Bertz CT molecular complexity index is 1090. The average Bonchev–Trinajstić information content (AvgIpc) is 3.20. The summed E-state index contributed by atoms with van der Waals surface area (Å²) in [7, 11) is 0.542. The highest BCUT2D eigenvalue weighted by atomic mass is 32.2. The molecular formula is C22H27N5O2S. The van der Waals surface area contributed by atoms with Gasteiger partial charge in [0.05, 0.1) is 23.3 Å². The van der Waals surface area contributed by atoms with E-state index in [1.54, 1.807) is 19.2 Å². The lowest BCUT2D eigenvalue weighted by Gasteiger charge is -2.21. The van der Waals surface area contributed by atoms with Crippen LogP contribution in [0.25, 0.3) is 11.3 Å². The van der Waals surface area contributed by atoms with Crippen molar-refractivity contribution < 1.29 is 8.42 Å². The number of imidazole rings is 1. The second-order valence-electron chi connectivity index (χ2n) is 7.11. The third-order valence-electron chi connectivity index (χ3n) is 4.72. The minimum Gasteiger partial charge on any atom is -0.356 e. The summed E-state index contributed by atoms with van der Waals surface area (Å²) in [6.07, 6.45) is 3.82. The zero-order valence-electron chi connectivity index (χ0n) is 17.5. The Morgan fingerprint density at radius 3 is 2.47 bits per heavy atom. The van der Waals surface area contributed by atoms with Crippen molar-refractivity contribution in [2.24, 2.45) is 4.99 Å². The van der Waals surface area contributed by atoms with Crippen LogP contribution in [0.2, 0.25) is 0 Å². The monoisotopic (exact) mass is 425 g/mol. The van der Waals surface area contributed by atoms with Gasteiger partial charge < -0.3 is 15.2 Å². The van der Waals surface area contributed by atoms with Gasteiger partial charge in [-0.15, -0.1) is 0 Å². The molecule has 0 aliphatic heterocycles. The lowest BCUT2D eigenvalue weighted by Crippen LogP contribution is -2.39. The Kier molecular flexibility index (Phi) is 6.89. The molecular weight excluding hydrogens is 398 g/mol. The molecule has 2 N–H and O–H groups in total. The maximum absolute atomic E-state index is 11.6. The van der Waals surface area contributed by atoms with E-state index in [2.05, 4.69) is 20.3 Å². The predicted molar refractivity (Wildman–Crippen MR) is 120 cm³/mol. The molecule has 7 nitrogen and oxygen atoms in total. The number of nitrogens with one attached hydrogen (secondary N) is 2. The van der Waals surface area contributed by atoms with Crippen LogP contribution in [0.1, 0.15) is 11.4 Å². The van der Waals surface area contributed by atoms with Crippen molar-refractivity contribution in [1.29, 1.82) is 0 Å². The number of aliphatic imine (C=N–C) groups is 1. The van der Waals surface area contributed by atoms with Crippen molar-refractivity contribution in [1.82, 2.24) is 20.2 Å². The van der Waals surface area contributed by atoms with Gasteiger partial charge in [-0.3, -0.25) is 4.99 Å². The normalized spacial score (nSPS) is 12.0. The van der Waals surface area contributed by atoms with Crippen LogP contribution in [0.4, 0.5) is 0 Å². The highest BCUT2D eigenvalue weighted by Gasteiger charge is 2.10. The second-order valence-corrected chi connectivity index (χ2v) is 9.12. The standard InChI is InChI=1S/C22H27N5O2S/c1-23-22(24-14-13-17-9-11-19(12-10-17)30(3,28)29)27(2)16-21-25-15-20(26-21)18-7-5-4-6-8-18/h4-12,15H,13-14,16H2,1-3H3,(H,23,24)(H,25,26). The van der Waals surface area contributed by atoms with E-state index < -0.39 is 9.84 Å². The molecule has 0 amide bonds. The number of guanidine groups is 1. The summed E-state index contributed by atoms with van der Waals surface area (Å²) >= 11 is 0. The van der Waals surface area contributed by atoms with Gasteiger partial charge in [0, 0.05) is 26.9 Å². The van der Waals surface area contributed by atoms with Crippen LogP contribution in [0.15, 0.2) is 70.7 Å². The Hall–Kier alpha value is -3.13. The Balaban J connectivity index is 1.53. The van der Waals surface area contributed by atoms with E-state index in [1.807, 2.05) is 60.6 Å². The Labute approximate surface area is 177 Å². The molecule has 0 unspecified atom stereocenters. The molecule has 0 saturated carbocycles. The summed E-state index contributed by atoms with van der Waals surface area (Å²) in [4.78, 5) is 14.5. The molecule has 0 aliphatic rings.